The fourth-order valence-corrected chi connectivity index (χ4v) is 1.91. The van der Waals surface area contributed by atoms with Crippen LogP contribution in [-0.2, 0) is 0 Å². The van der Waals surface area contributed by atoms with E-state index in [1.807, 2.05) is 20.8 Å². The van der Waals surface area contributed by atoms with Crippen molar-refractivity contribution >= 4 is 34.0 Å². The second-order valence-electron chi connectivity index (χ2n) is 4.96. The maximum atomic E-state index is 10.8. The fraction of sp³-hybridized carbons (Fsp3) is 0.455. The predicted octanol–water partition coefficient (Wildman–Crippen LogP) is 3.53. The first-order valence-corrected chi connectivity index (χ1v) is 5.86. The van der Waals surface area contributed by atoms with Crippen molar-refractivity contribution in [3.05, 3.63) is 32.3 Å². The zero-order valence-corrected chi connectivity index (χ0v) is 12.7. The van der Waals surface area contributed by atoms with Gasteiger partial charge >= 0.3 is 5.69 Å². The number of aromatic hydroxyl groups is 1. The zero-order chi connectivity index (χ0) is 13.4. The lowest BCUT2D eigenvalue weighted by atomic mass is 9.82. The van der Waals surface area contributed by atoms with Crippen LogP contribution < -0.4 is 5.73 Å². The lowest BCUT2D eigenvalue weighted by Gasteiger charge is -2.27. The normalized spacial score (nSPS) is 12.7. The minimum absolute atomic E-state index is 0. The molecule has 1 aromatic carbocycles. The Morgan fingerprint density at radius 3 is 2.33 bits per heavy atom. The van der Waals surface area contributed by atoms with E-state index in [1.165, 1.54) is 6.07 Å². The zero-order valence-electron chi connectivity index (χ0n) is 10.3. The molecule has 3 N–H and O–H groups in total. The summed E-state index contributed by atoms with van der Waals surface area (Å²) < 4.78 is 0.525. The van der Waals surface area contributed by atoms with E-state index >= 15 is 0 Å². The van der Waals surface area contributed by atoms with Crippen LogP contribution in [0.2, 0.25) is 0 Å². The first-order valence-electron chi connectivity index (χ1n) is 5.07. The van der Waals surface area contributed by atoms with E-state index < -0.39 is 11.0 Å². The van der Waals surface area contributed by atoms with Crippen molar-refractivity contribution in [3.63, 3.8) is 0 Å². The van der Waals surface area contributed by atoms with Gasteiger partial charge in [0.1, 0.15) is 0 Å². The maximum Gasteiger partial charge on any atom is 0.312 e. The molecule has 0 amide bonds. The van der Waals surface area contributed by atoms with Crippen LogP contribution in [0, 0.1) is 15.5 Å². The maximum absolute atomic E-state index is 10.8. The van der Waals surface area contributed by atoms with Crippen molar-refractivity contribution in [2.75, 3.05) is 0 Å². The minimum Gasteiger partial charge on any atom is -0.502 e. The molecular weight excluding hydrogens is 323 g/mol. The van der Waals surface area contributed by atoms with Crippen LogP contribution in [0.5, 0.6) is 5.75 Å². The Morgan fingerprint density at radius 2 is 1.94 bits per heavy atom. The van der Waals surface area contributed by atoms with Crippen LogP contribution in [-0.4, -0.2) is 10.0 Å². The molecule has 0 aromatic heterocycles. The predicted molar refractivity (Wildman–Crippen MR) is 76.1 cm³/mol. The van der Waals surface area contributed by atoms with Crippen LogP contribution in [0.15, 0.2) is 16.6 Å². The Bertz CT molecular complexity index is 460. The average Bonchev–Trinajstić information content (AvgIpc) is 2.18. The highest BCUT2D eigenvalue weighted by molar-refractivity contribution is 9.10. The summed E-state index contributed by atoms with van der Waals surface area (Å²) in [6.07, 6.45) is 0. The van der Waals surface area contributed by atoms with E-state index in [0.29, 0.717) is 10.0 Å². The summed E-state index contributed by atoms with van der Waals surface area (Å²) in [5.41, 5.74) is 5.74. The Morgan fingerprint density at radius 1 is 1.44 bits per heavy atom. The van der Waals surface area contributed by atoms with E-state index in [2.05, 4.69) is 15.9 Å². The molecule has 0 aliphatic heterocycles. The lowest BCUT2D eigenvalue weighted by molar-refractivity contribution is -0.386. The molecule has 1 atom stereocenters. The Hall–Kier alpha value is -0.850. The van der Waals surface area contributed by atoms with Gasteiger partial charge in [0.05, 0.1) is 4.92 Å². The van der Waals surface area contributed by atoms with Gasteiger partial charge in [-0.3, -0.25) is 10.1 Å². The van der Waals surface area contributed by atoms with E-state index in [-0.39, 0.29) is 29.3 Å². The number of phenols is 1. The van der Waals surface area contributed by atoms with E-state index in [9.17, 15) is 15.2 Å². The molecular formula is C11H16BrClN2O3. The van der Waals surface area contributed by atoms with Gasteiger partial charge in [-0.1, -0.05) is 36.7 Å². The van der Waals surface area contributed by atoms with Crippen molar-refractivity contribution in [2.45, 2.75) is 26.8 Å². The molecule has 0 radical (unpaired) electrons. The topological polar surface area (TPSA) is 89.4 Å². The molecule has 1 rings (SSSR count). The molecule has 0 saturated heterocycles. The summed E-state index contributed by atoms with van der Waals surface area (Å²) in [5.74, 6) is -0.361. The molecule has 7 heteroatoms. The molecule has 0 saturated carbocycles. The smallest absolute Gasteiger partial charge is 0.312 e. The number of benzene rings is 1. The molecule has 102 valence electrons. The summed E-state index contributed by atoms with van der Waals surface area (Å²) in [5, 5.41) is 20.7. The summed E-state index contributed by atoms with van der Waals surface area (Å²) in [4.78, 5) is 10.2. The highest BCUT2D eigenvalue weighted by Gasteiger charge is 2.29. The number of phenolic OH excluding ortho intramolecular Hbond substituents is 1. The third-order valence-electron chi connectivity index (χ3n) is 2.55. The second-order valence-corrected chi connectivity index (χ2v) is 5.88. The van der Waals surface area contributed by atoms with E-state index in [4.69, 9.17) is 5.73 Å². The van der Waals surface area contributed by atoms with Crippen LogP contribution in [0.1, 0.15) is 32.4 Å². The fourth-order valence-electron chi connectivity index (χ4n) is 1.45. The molecule has 5 nitrogen and oxygen atoms in total. The largest absolute Gasteiger partial charge is 0.502 e. The molecule has 0 aliphatic rings. The number of nitrogens with zero attached hydrogens (tertiary/aromatic N) is 1. The first kappa shape index (κ1) is 17.2. The van der Waals surface area contributed by atoms with Gasteiger partial charge in [0.2, 0.25) is 0 Å². The standard InChI is InChI=1S/C11H15BrN2O3.ClH/c1-11(2,3)10(13)7-4-6(12)5-8(9(7)15)14(16)17;/h4-5,10,15H,13H2,1-3H3;1H/t10-;/m1./s1. The first-order chi connectivity index (χ1) is 7.64. The molecule has 0 bridgehead atoms. The van der Waals surface area contributed by atoms with Gasteiger partial charge in [-0.2, -0.15) is 0 Å². The van der Waals surface area contributed by atoms with Gasteiger partial charge < -0.3 is 10.8 Å². The van der Waals surface area contributed by atoms with Crippen LogP contribution in [0.25, 0.3) is 0 Å². The molecule has 0 aliphatic carbocycles. The minimum atomic E-state index is -0.626. The number of rotatable bonds is 2. The number of hydrogen-bond acceptors (Lipinski definition) is 4. The summed E-state index contributed by atoms with van der Waals surface area (Å²) in [6.45, 7) is 5.72. The summed E-state index contributed by atoms with van der Waals surface area (Å²) in [7, 11) is 0. The van der Waals surface area contributed by atoms with Gasteiger partial charge in [-0.25, -0.2) is 0 Å². The number of hydrogen-bond donors (Lipinski definition) is 2. The Balaban J connectivity index is 0.00000289. The summed E-state index contributed by atoms with van der Waals surface area (Å²) >= 11 is 3.18. The van der Waals surface area contributed by atoms with E-state index in [0.717, 1.165) is 0 Å². The van der Waals surface area contributed by atoms with Gasteiger partial charge in [-0.05, 0) is 11.5 Å². The Kier molecular flexibility index (Phi) is 5.58. The van der Waals surface area contributed by atoms with Crippen molar-refractivity contribution in [3.8, 4) is 5.75 Å². The number of nitro groups is 1. The summed E-state index contributed by atoms with van der Waals surface area (Å²) in [6, 6.07) is 2.38. The van der Waals surface area contributed by atoms with Crippen molar-refractivity contribution in [1.82, 2.24) is 0 Å². The molecule has 18 heavy (non-hydrogen) atoms. The molecule has 0 unspecified atom stereocenters. The van der Waals surface area contributed by atoms with Gasteiger partial charge in [0.25, 0.3) is 0 Å². The lowest BCUT2D eigenvalue weighted by Crippen LogP contribution is -2.26. The van der Waals surface area contributed by atoms with Gasteiger partial charge in [0.15, 0.2) is 5.75 Å². The molecule has 0 spiro atoms. The molecule has 0 fully saturated rings. The van der Waals surface area contributed by atoms with Crippen molar-refractivity contribution < 1.29 is 10.0 Å². The van der Waals surface area contributed by atoms with E-state index in [1.54, 1.807) is 6.07 Å². The van der Waals surface area contributed by atoms with Gasteiger partial charge in [0, 0.05) is 22.1 Å². The van der Waals surface area contributed by atoms with Gasteiger partial charge in [-0.15, -0.1) is 12.4 Å². The third-order valence-corrected chi connectivity index (χ3v) is 3.01. The van der Waals surface area contributed by atoms with Crippen LogP contribution in [0.3, 0.4) is 0 Å². The molecule has 0 heterocycles. The Labute approximate surface area is 120 Å². The number of nitro benzene ring substituents is 1. The third kappa shape index (κ3) is 3.57. The highest BCUT2D eigenvalue weighted by Crippen LogP contribution is 2.41. The second kappa shape index (κ2) is 5.86. The highest BCUT2D eigenvalue weighted by atomic mass is 79.9. The van der Waals surface area contributed by atoms with Crippen LogP contribution in [0.4, 0.5) is 5.69 Å². The average molecular weight is 340 g/mol. The quantitative estimate of drug-likeness (QED) is 0.637. The number of nitrogens with two attached hydrogens (primary N) is 1. The molecule has 1 aromatic rings. The van der Waals surface area contributed by atoms with Crippen LogP contribution >= 0.6 is 28.3 Å². The monoisotopic (exact) mass is 338 g/mol. The SMILES string of the molecule is CC(C)(C)[C@H](N)c1cc(Br)cc([N+](=O)[O-])c1O.Cl. The van der Waals surface area contributed by atoms with Crippen molar-refractivity contribution in [2.24, 2.45) is 11.1 Å². The van der Waals surface area contributed by atoms with Crippen molar-refractivity contribution in [1.29, 1.82) is 0 Å². The number of halogens is 2.